The molecule has 0 bridgehead atoms. The normalized spacial score (nSPS) is 16.0. The van der Waals surface area contributed by atoms with Crippen molar-refractivity contribution < 1.29 is 9.59 Å². The molecule has 0 saturated carbocycles. The standard InChI is InChI=1S/C17H25N3O2/c1-11(2)8-16(21)19-14-4-6-15(7-5-14)20-17(22)12(3)13-9-18-10-13/h4-7,11-13,18H,8-10H2,1-3H3,(H,19,21)(H,20,22). The summed E-state index contributed by atoms with van der Waals surface area (Å²) in [7, 11) is 0. The zero-order valence-corrected chi connectivity index (χ0v) is 13.5. The van der Waals surface area contributed by atoms with Crippen LogP contribution < -0.4 is 16.0 Å². The van der Waals surface area contributed by atoms with Gasteiger partial charge >= 0.3 is 0 Å². The van der Waals surface area contributed by atoms with E-state index >= 15 is 0 Å². The summed E-state index contributed by atoms with van der Waals surface area (Å²) in [5.74, 6) is 0.822. The van der Waals surface area contributed by atoms with Crippen LogP contribution in [0.15, 0.2) is 24.3 Å². The fourth-order valence-corrected chi connectivity index (χ4v) is 2.35. The Balaban J connectivity index is 1.86. The van der Waals surface area contributed by atoms with Crippen LogP contribution in [0.25, 0.3) is 0 Å². The van der Waals surface area contributed by atoms with Crippen LogP contribution >= 0.6 is 0 Å². The SMILES string of the molecule is CC(C)CC(=O)Nc1ccc(NC(=O)C(C)C2CNC2)cc1. The highest BCUT2D eigenvalue weighted by Gasteiger charge is 2.28. The van der Waals surface area contributed by atoms with Gasteiger partial charge in [-0.15, -0.1) is 0 Å². The summed E-state index contributed by atoms with van der Waals surface area (Å²) in [4.78, 5) is 23.8. The van der Waals surface area contributed by atoms with E-state index in [1.54, 1.807) is 0 Å². The lowest BCUT2D eigenvalue weighted by Gasteiger charge is -2.31. The first-order chi connectivity index (χ1) is 10.5. The van der Waals surface area contributed by atoms with Crippen LogP contribution in [0.2, 0.25) is 0 Å². The van der Waals surface area contributed by atoms with E-state index in [0.717, 1.165) is 24.5 Å². The first-order valence-electron chi connectivity index (χ1n) is 7.87. The van der Waals surface area contributed by atoms with E-state index in [4.69, 9.17) is 0 Å². The van der Waals surface area contributed by atoms with Gasteiger partial charge < -0.3 is 16.0 Å². The highest BCUT2D eigenvalue weighted by molar-refractivity contribution is 5.94. The molecule has 1 aromatic rings. The molecule has 1 saturated heterocycles. The molecule has 1 heterocycles. The van der Waals surface area contributed by atoms with Crippen molar-refractivity contribution in [2.75, 3.05) is 23.7 Å². The average Bonchev–Trinajstić information content (AvgIpc) is 2.38. The second-order valence-electron chi connectivity index (χ2n) is 6.42. The number of carbonyl (C=O) groups is 2. The maximum atomic E-state index is 12.1. The average molecular weight is 303 g/mol. The van der Waals surface area contributed by atoms with Gasteiger partial charge in [0.25, 0.3) is 0 Å². The molecule has 120 valence electrons. The Hall–Kier alpha value is -1.88. The molecule has 0 aromatic heterocycles. The van der Waals surface area contributed by atoms with Crippen molar-refractivity contribution in [3.05, 3.63) is 24.3 Å². The van der Waals surface area contributed by atoms with Crippen LogP contribution in [0.5, 0.6) is 0 Å². The third kappa shape index (κ3) is 4.56. The molecule has 1 aliphatic rings. The first-order valence-corrected chi connectivity index (χ1v) is 7.87. The second kappa shape index (κ2) is 7.40. The van der Waals surface area contributed by atoms with Gasteiger partial charge in [0.1, 0.15) is 0 Å². The molecule has 2 rings (SSSR count). The maximum absolute atomic E-state index is 12.1. The smallest absolute Gasteiger partial charge is 0.227 e. The number of anilines is 2. The Kier molecular flexibility index (Phi) is 5.55. The highest BCUT2D eigenvalue weighted by atomic mass is 16.2. The zero-order valence-electron chi connectivity index (χ0n) is 13.5. The number of benzene rings is 1. The lowest BCUT2D eigenvalue weighted by Crippen LogP contribution is -2.48. The van der Waals surface area contributed by atoms with E-state index in [1.165, 1.54) is 0 Å². The van der Waals surface area contributed by atoms with Gasteiger partial charge in [-0.25, -0.2) is 0 Å². The molecule has 1 atom stereocenters. The largest absolute Gasteiger partial charge is 0.326 e. The van der Waals surface area contributed by atoms with Gasteiger partial charge in [0.15, 0.2) is 0 Å². The van der Waals surface area contributed by atoms with Gasteiger partial charge in [-0.05, 0) is 49.2 Å². The molecule has 0 radical (unpaired) electrons. The number of carbonyl (C=O) groups excluding carboxylic acids is 2. The van der Waals surface area contributed by atoms with Crippen molar-refractivity contribution in [2.24, 2.45) is 17.8 Å². The molecule has 5 heteroatoms. The van der Waals surface area contributed by atoms with Crippen molar-refractivity contribution in [1.29, 1.82) is 0 Å². The minimum absolute atomic E-state index is 0.00618. The molecule has 3 N–H and O–H groups in total. The van der Waals surface area contributed by atoms with Gasteiger partial charge in [-0.1, -0.05) is 20.8 Å². The van der Waals surface area contributed by atoms with Crippen molar-refractivity contribution in [3.8, 4) is 0 Å². The number of amides is 2. The van der Waals surface area contributed by atoms with Crippen molar-refractivity contribution in [3.63, 3.8) is 0 Å². The fourth-order valence-electron chi connectivity index (χ4n) is 2.35. The lowest BCUT2D eigenvalue weighted by atomic mass is 9.88. The lowest BCUT2D eigenvalue weighted by molar-refractivity contribution is -0.121. The van der Waals surface area contributed by atoms with Gasteiger partial charge in [0.2, 0.25) is 11.8 Å². The van der Waals surface area contributed by atoms with E-state index in [-0.39, 0.29) is 17.7 Å². The van der Waals surface area contributed by atoms with Crippen molar-refractivity contribution in [1.82, 2.24) is 5.32 Å². The van der Waals surface area contributed by atoms with Gasteiger partial charge in [-0.2, -0.15) is 0 Å². The Labute approximate surface area is 131 Å². The minimum atomic E-state index is 0.00618. The molecule has 0 aliphatic carbocycles. The number of hydrogen-bond donors (Lipinski definition) is 3. The Morgan fingerprint density at radius 3 is 2.09 bits per heavy atom. The van der Waals surface area contributed by atoms with Crippen LogP contribution in [-0.4, -0.2) is 24.9 Å². The summed E-state index contributed by atoms with van der Waals surface area (Å²) >= 11 is 0. The minimum Gasteiger partial charge on any atom is -0.326 e. The monoisotopic (exact) mass is 303 g/mol. The topological polar surface area (TPSA) is 70.2 Å². The van der Waals surface area contributed by atoms with Crippen molar-refractivity contribution in [2.45, 2.75) is 27.2 Å². The van der Waals surface area contributed by atoms with Gasteiger partial charge in [0, 0.05) is 23.7 Å². The van der Waals surface area contributed by atoms with Crippen LogP contribution in [0.3, 0.4) is 0 Å². The number of nitrogens with one attached hydrogen (secondary N) is 3. The molecule has 2 amide bonds. The molecule has 5 nitrogen and oxygen atoms in total. The van der Waals surface area contributed by atoms with Crippen LogP contribution in [-0.2, 0) is 9.59 Å². The van der Waals surface area contributed by atoms with E-state index < -0.39 is 0 Å². The summed E-state index contributed by atoms with van der Waals surface area (Å²) in [6.45, 7) is 7.81. The zero-order chi connectivity index (χ0) is 16.1. The molecular weight excluding hydrogens is 278 g/mol. The van der Waals surface area contributed by atoms with Gasteiger partial charge in [0.05, 0.1) is 0 Å². The van der Waals surface area contributed by atoms with Crippen molar-refractivity contribution >= 4 is 23.2 Å². The van der Waals surface area contributed by atoms with E-state index in [1.807, 2.05) is 45.0 Å². The predicted molar refractivity (Wildman–Crippen MR) is 88.7 cm³/mol. The summed E-state index contributed by atoms with van der Waals surface area (Å²) in [6.07, 6.45) is 0.505. The Morgan fingerprint density at radius 1 is 1.09 bits per heavy atom. The summed E-state index contributed by atoms with van der Waals surface area (Å²) in [5.41, 5.74) is 1.51. The Morgan fingerprint density at radius 2 is 1.64 bits per heavy atom. The van der Waals surface area contributed by atoms with E-state index in [2.05, 4.69) is 16.0 Å². The molecular formula is C17H25N3O2. The molecule has 1 fully saturated rings. The molecule has 1 aliphatic heterocycles. The second-order valence-corrected chi connectivity index (χ2v) is 6.42. The third-order valence-electron chi connectivity index (χ3n) is 3.96. The molecule has 0 spiro atoms. The van der Waals surface area contributed by atoms with E-state index in [0.29, 0.717) is 18.3 Å². The first kappa shape index (κ1) is 16.5. The van der Waals surface area contributed by atoms with Crippen LogP contribution in [0, 0.1) is 17.8 Å². The van der Waals surface area contributed by atoms with Crippen LogP contribution in [0.1, 0.15) is 27.2 Å². The fraction of sp³-hybridized carbons (Fsp3) is 0.529. The van der Waals surface area contributed by atoms with Gasteiger partial charge in [-0.3, -0.25) is 9.59 Å². The summed E-state index contributed by atoms with van der Waals surface area (Å²) in [5, 5.41) is 8.96. The highest BCUT2D eigenvalue weighted by Crippen LogP contribution is 2.19. The molecule has 1 unspecified atom stereocenters. The summed E-state index contributed by atoms with van der Waals surface area (Å²) < 4.78 is 0. The van der Waals surface area contributed by atoms with Crippen LogP contribution in [0.4, 0.5) is 11.4 Å². The molecule has 1 aromatic carbocycles. The predicted octanol–water partition coefficient (Wildman–Crippen LogP) is 2.47. The maximum Gasteiger partial charge on any atom is 0.227 e. The Bertz CT molecular complexity index is 521. The quantitative estimate of drug-likeness (QED) is 0.756. The summed E-state index contributed by atoms with van der Waals surface area (Å²) in [6, 6.07) is 7.25. The molecule has 22 heavy (non-hydrogen) atoms. The van der Waals surface area contributed by atoms with E-state index in [9.17, 15) is 9.59 Å². The third-order valence-corrected chi connectivity index (χ3v) is 3.96. The number of rotatable bonds is 6. The number of hydrogen-bond acceptors (Lipinski definition) is 3.